The molecule has 1 aliphatic rings. The Balaban J connectivity index is 1.12. The van der Waals surface area contributed by atoms with Crippen LogP contribution in [0, 0.1) is 0 Å². The average molecular weight is 755 g/mol. The van der Waals surface area contributed by atoms with E-state index in [0.717, 1.165) is 17.1 Å². The van der Waals surface area contributed by atoms with Crippen LogP contribution in [0.15, 0.2) is 218 Å². The molecule has 9 aromatic carbocycles. The van der Waals surface area contributed by atoms with Gasteiger partial charge >= 0.3 is 0 Å². The molecule has 0 radical (unpaired) electrons. The van der Waals surface area contributed by atoms with Crippen LogP contribution in [0.4, 0.5) is 17.1 Å². The monoisotopic (exact) mass is 754 g/mol. The van der Waals surface area contributed by atoms with Gasteiger partial charge in [0.05, 0.1) is 22.4 Å². The van der Waals surface area contributed by atoms with E-state index >= 15 is 0 Å². The van der Waals surface area contributed by atoms with Crippen LogP contribution in [-0.4, -0.2) is 4.57 Å². The Kier molecular flexibility index (Phi) is 8.20. The summed E-state index contributed by atoms with van der Waals surface area (Å²) in [6.45, 7) is 4.78. The lowest BCUT2D eigenvalue weighted by atomic mass is 9.82. The number of rotatable bonds is 7. The van der Waals surface area contributed by atoms with E-state index in [1.54, 1.807) is 0 Å². The molecule has 0 bridgehead atoms. The van der Waals surface area contributed by atoms with Gasteiger partial charge in [0.25, 0.3) is 0 Å². The van der Waals surface area contributed by atoms with Crippen LogP contribution >= 0.6 is 0 Å². The van der Waals surface area contributed by atoms with Crippen LogP contribution in [0.3, 0.4) is 0 Å². The Morgan fingerprint density at radius 1 is 0.373 bits per heavy atom. The summed E-state index contributed by atoms with van der Waals surface area (Å²) >= 11 is 0. The van der Waals surface area contributed by atoms with Crippen molar-refractivity contribution in [2.24, 2.45) is 0 Å². The summed E-state index contributed by atoms with van der Waals surface area (Å²) in [5, 5.41) is 2.55. The Bertz CT molecular complexity index is 3100. The number of aromatic nitrogens is 1. The lowest BCUT2D eigenvalue weighted by Gasteiger charge is -2.30. The van der Waals surface area contributed by atoms with Crippen molar-refractivity contribution >= 4 is 38.9 Å². The molecule has 2 nitrogen and oxygen atoms in total. The van der Waals surface area contributed by atoms with E-state index in [-0.39, 0.29) is 5.41 Å². The minimum atomic E-state index is -0.238. The molecule has 0 unspecified atom stereocenters. The third-order valence-electron chi connectivity index (χ3n) is 12.4. The van der Waals surface area contributed by atoms with Crippen molar-refractivity contribution in [1.29, 1.82) is 0 Å². The van der Waals surface area contributed by atoms with Gasteiger partial charge in [-0.15, -0.1) is 0 Å². The van der Waals surface area contributed by atoms with E-state index in [0.29, 0.717) is 0 Å². The van der Waals surface area contributed by atoms with E-state index in [9.17, 15) is 0 Å². The highest BCUT2D eigenvalue weighted by molar-refractivity contribution is 6.10. The smallest absolute Gasteiger partial charge is 0.0543 e. The number of fused-ring (bicyclic) bond motifs is 6. The SMILES string of the molecule is CC1(C)c2cc(N(c3ccc(-c4ccccc4)cc3)c3ccc(-c4ccccc4)cc3-c3ccccc3)ccc2-c2c(-n3c4ccccc4c4ccccc43)cccc21. The van der Waals surface area contributed by atoms with Gasteiger partial charge in [0.2, 0.25) is 0 Å². The number of hydrogen-bond donors (Lipinski definition) is 0. The van der Waals surface area contributed by atoms with Gasteiger partial charge in [-0.05, 0) is 99.1 Å². The molecule has 0 N–H and O–H groups in total. The zero-order chi connectivity index (χ0) is 39.5. The quantitative estimate of drug-likeness (QED) is 0.157. The van der Waals surface area contributed by atoms with Gasteiger partial charge in [0.15, 0.2) is 0 Å². The molecule has 59 heavy (non-hydrogen) atoms. The summed E-state index contributed by atoms with van der Waals surface area (Å²) in [6, 6.07) is 79.8. The maximum Gasteiger partial charge on any atom is 0.0543 e. The van der Waals surface area contributed by atoms with Crippen LogP contribution < -0.4 is 4.90 Å². The number of nitrogens with zero attached hydrogens (tertiary/aromatic N) is 2. The van der Waals surface area contributed by atoms with Crippen molar-refractivity contribution < 1.29 is 0 Å². The van der Waals surface area contributed by atoms with Gasteiger partial charge in [0, 0.05) is 38.7 Å². The molecule has 0 saturated carbocycles. The zero-order valence-corrected chi connectivity index (χ0v) is 33.2. The fourth-order valence-electron chi connectivity index (χ4n) is 9.51. The second kappa shape index (κ2) is 13.9. The molecule has 0 amide bonds. The first-order chi connectivity index (χ1) is 29.0. The predicted octanol–water partition coefficient (Wildman–Crippen LogP) is 15.6. The Morgan fingerprint density at radius 2 is 0.898 bits per heavy atom. The number of benzene rings is 9. The lowest BCUT2D eigenvalue weighted by Crippen LogP contribution is -2.17. The fourth-order valence-corrected chi connectivity index (χ4v) is 9.51. The van der Waals surface area contributed by atoms with Gasteiger partial charge in [-0.2, -0.15) is 0 Å². The van der Waals surface area contributed by atoms with Crippen molar-refractivity contribution in [3.8, 4) is 50.2 Å². The molecule has 280 valence electrons. The molecule has 10 aromatic rings. The second-order valence-corrected chi connectivity index (χ2v) is 16.1. The van der Waals surface area contributed by atoms with Crippen molar-refractivity contribution in [2.45, 2.75) is 19.3 Å². The Hall–Kier alpha value is -7.42. The van der Waals surface area contributed by atoms with Crippen LogP contribution in [0.1, 0.15) is 25.0 Å². The van der Waals surface area contributed by atoms with Crippen LogP contribution in [0.2, 0.25) is 0 Å². The molecule has 1 aromatic heterocycles. The molecule has 0 atom stereocenters. The highest BCUT2D eigenvalue weighted by Gasteiger charge is 2.38. The Labute approximate surface area is 345 Å². The summed E-state index contributed by atoms with van der Waals surface area (Å²) in [5.41, 5.74) is 19.2. The van der Waals surface area contributed by atoms with Crippen LogP contribution in [-0.2, 0) is 5.41 Å². The lowest BCUT2D eigenvalue weighted by molar-refractivity contribution is 0.660. The number of anilines is 3. The highest BCUT2D eigenvalue weighted by Crippen LogP contribution is 2.54. The van der Waals surface area contributed by atoms with E-state index in [1.807, 2.05) is 0 Å². The van der Waals surface area contributed by atoms with Gasteiger partial charge in [-0.1, -0.05) is 178 Å². The molecule has 1 aliphatic carbocycles. The Morgan fingerprint density at radius 3 is 1.54 bits per heavy atom. The molecule has 0 saturated heterocycles. The van der Waals surface area contributed by atoms with Crippen molar-refractivity contribution in [2.75, 3.05) is 4.90 Å². The van der Waals surface area contributed by atoms with Gasteiger partial charge in [-0.25, -0.2) is 0 Å². The van der Waals surface area contributed by atoms with Crippen LogP contribution in [0.25, 0.3) is 72.0 Å². The highest BCUT2D eigenvalue weighted by atomic mass is 15.1. The summed E-state index contributed by atoms with van der Waals surface area (Å²) < 4.78 is 2.48. The number of para-hydroxylation sites is 2. The van der Waals surface area contributed by atoms with E-state index in [1.165, 1.54) is 83.1 Å². The minimum absolute atomic E-state index is 0.238. The fraction of sp³-hybridized carbons (Fsp3) is 0.0526. The largest absolute Gasteiger partial charge is 0.310 e. The molecule has 11 rings (SSSR count). The molecular weight excluding hydrogens is 713 g/mol. The summed E-state index contributed by atoms with van der Waals surface area (Å²) in [7, 11) is 0. The molecule has 0 spiro atoms. The first-order valence-electron chi connectivity index (χ1n) is 20.5. The van der Waals surface area contributed by atoms with Gasteiger partial charge in [-0.3, -0.25) is 0 Å². The van der Waals surface area contributed by atoms with Gasteiger partial charge in [0.1, 0.15) is 0 Å². The topological polar surface area (TPSA) is 8.17 Å². The van der Waals surface area contributed by atoms with Crippen molar-refractivity contribution in [3.05, 3.63) is 230 Å². The maximum atomic E-state index is 2.48. The van der Waals surface area contributed by atoms with Crippen LogP contribution in [0.5, 0.6) is 0 Å². The third-order valence-corrected chi connectivity index (χ3v) is 12.4. The van der Waals surface area contributed by atoms with E-state index in [2.05, 4.69) is 242 Å². The van der Waals surface area contributed by atoms with Crippen molar-refractivity contribution in [1.82, 2.24) is 4.57 Å². The molecule has 2 heteroatoms. The molecular formula is C57H42N2. The first kappa shape index (κ1) is 34.8. The first-order valence-corrected chi connectivity index (χ1v) is 20.5. The summed E-state index contributed by atoms with van der Waals surface area (Å²) in [5.74, 6) is 0. The molecule has 0 fully saturated rings. The summed E-state index contributed by atoms with van der Waals surface area (Å²) in [6.07, 6.45) is 0. The molecule has 0 aliphatic heterocycles. The zero-order valence-electron chi connectivity index (χ0n) is 33.2. The molecule has 1 heterocycles. The second-order valence-electron chi connectivity index (χ2n) is 16.1. The average Bonchev–Trinajstić information content (AvgIpc) is 3.76. The summed E-state index contributed by atoms with van der Waals surface area (Å²) in [4.78, 5) is 2.46. The maximum absolute atomic E-state index is 2.48. The number of hydrogen-bond acceptors (Lipinski definition) is 1. The predicted molar refractivity (Wildman–Crippen MR) is 249 cm³/mol. The standard InChI is InChI=1S/C57H42N2/c1-57(2)50-25-16-28-55(59-52-26-14-12-23-46(52)47-24-13-15-27-53(47)59)56(50)48-35-34-45(38-51(48)57)58(44-32-29-41(30-33-44)39-17-6-3-7-18-39)54-36-31-43(40-19-8-4-9-20-40)37-49(54)42-21-10-5-11-22-42/h3-38H,1-2H3. The normalized spacial score (nSPS) is 12.7. The third kappa shape index (κ3) is 5.71. The van der Waals surface area contributed by atoms with E-state index in [4.69, 9.17) is 0 Å². The minimum Gasteiger partial charge on any atom is -0.310 e. The van der Waals surface area contributed by atoms with Crippen molar-refractivity contribution in [3.63, 3.8) is 0 Å². The van der Waals surface area contributed by atoms with Gasteiger partial charge < -0.3 is 9.47 Å². The van der Waals surface area contributed by atoms with E-state index < -0.39 is 0 Å².